The largest absolute Gasteiger partial charge is 0.497 e. The van der Waals surface area contributed by atoms with Crippen molar-refractivity contribution in [1.29, 1.82) is 0 Å². The van der Waals surface area contributed by atoms with E-state index < -0.39 is 10.0 Å². The van der Waals surface area contributed by atoms with E-state index in [2.05, 4.69) is 5.32 Å². The van der Waals surface area contributed by atoms with Crippen molar-refractivity contribution >= 4 is 15.9 Å². The van der Waals surface area contributed by atoms with Crippen LogP contribution in [0.1, 0.15) is 24.2 Å². The third-order valence-corrected chi connectivity index (χ3v) is 4.29. The van der Waals surface area contributed by atoms with Crippen LogP contribution < -0.4 is 10.1 Å². The minimum atomic E-state index is -3.27. The predicted molar refractivity (Wildman–Crippen MR) is 86.6 cm³/mol. The van der Waals surface area contributed by atoms with Gasteiger partial charge in [-0.25, -0.2) is 12.7 Å². The summed E-state index contributed by atoms with van der Waals surface area (Å²) in [6.07, 6.45) is 1.18. The molecule has 0 saturated carbocycles. The van der Waals surface area contributed by atoms with Crippen molar-refractivity contribution in [3.05, 3.63) is 29.8 Å². The summed E-state index contributed by atoms with van der Waals surface area (Å²) < 4.78 is 29.8. The molecule has 1 aromatic rings. The molecule has 124 valence electrons. The molecule has 0 bridgehead atoms. The molecule has 0 aromatic heterocycles. The highest BCUT2D eigenvalue weighted by atomic mass is 32.2. The van der Waals surface area contributed by atoms with Gasteiger partial charge < -0.3 is 10.1 Å². The van der Waals surface area contributed by atoms with Crippen LogP contribution in [0, 0.1) is 5.92 Å². The summed E-state index contributed by atoms with van der Waals surface area (Å²) in [5.74, 6) is 0.575. The van der Waals surface area contributed by atoms with Gasteiger partial charge in [-0.2, -0.15) is 0 Å². The Morgan fingerprint density at radius 2 is 2.05 bits per heavy atom. The van der Waals surface area contributed by atoms with Crippen LogP contribution in [0.4, 0.5) is 0 Å². The Hall–Kier alpha value is -1.60. The number of ether oxygens (including phenoxy) is 1. The monoisotopic (exact) mass is 328 g/mol. The number of methoxy groups -OCH3 is 1. The number of amides is 1. The molecular formula is C15H24N2O4S. The first-order valence-corrected chi connectivity index (χ1v) is 8.96. The van der Waals surface area contributed by atoms with E-state index >= 15 is 0 Å². The van der Waals surface area contributed by atoms with Crippen LogP contribution >= 0.6 is 0 Å². The lowest BCUT2D eigenvalue weighted by atomic mass is 10.2. The minimum absolute atomic E-state index is 0.226. The Kier molecular flexibility index (Phi) is 6.83. The van der Waals surface area contributed by atoms with Gasteiger partial charge in [-0.1, -0.05) is 19.9 Å². The summed E-state index contributed by atoms with van der Waals surface area (Å²) in [4.78, 5) is 12.0. The highest BCUT2D eigenvalue weighted by Crippen LogP contribution is 2.12. The number of hydrogen-bond acceptors (Lipinski definition) is 4. The first kappa shape index (κ1) is 18.4. The van der Waals surface area contributed by atoms with Crippen LogP contribution in [0.5, 0.6) is 5.75 Å². The van der Waals surface area contributed by atoms with E-state index in [9.17, 15) is 13.2 Å². The smallest absolute Gasteiger partial charge is 0.251 e. The summed E-state index contributed by atoms with van der Waals surface area (Å²) in [5, 5.41) is 2.73. The fourth-order valence-electron chi connectivity index (χ4n) is 1.96. The molecule has 0 fully saturated rings. The summed E-state index contributed by atoms with van der Waals surface area (Å²) in [6, 6.07) is 6.80. The molecule has 1 rings (SSSR count). The first-order valence-electron chi connectivity index (χ1n) is 7.11. The van der Waals surface area contributed by atoms with Crippen molar-refractivity contribution in [3.63, 3.8) is 0 Å². The number of nitrogens with one attached hydrogen (secondary N) is 1. The molecule has 0 aliphatic heterocycles. The second-order valence-electron chi connectivity index (χ2n) is 5.50. The van der Waals surface area contributed by atoms with Crippen molar-refractivity contribution in [2.45, 2.75) is 13.8 Å². The topological polar surface area (TPSA) is 75.7 Å². The van der Waals surface area contributed by atoms with Crippen molar-refractivity contribution in [2.24, 2.45) is 5.92 Å². The maximum absolute atomic E-state index is 12.0. The van der Waals surface area contributed by atoms with Gasteiger partial charge in [-0.05, 0) is 24.1 Å². The molecule has 1 amide bonds. The third kappa shape index (κ3) is 6.03. The fourth-order valence-corrected chi connectivity index (χ4v) is 2.95. The van der Waals surface area contributed by atoms with Gasteiger partial charge >= 0.3 is 0 Å². The van der Waals surface area contributed by atoms with E-state index in [1.165, 1.54) is 17.7 Å². The molecule has 0 aliphatic rings. The van der Waals surface area contributed by atoms with E-state index in [4.69, 9.17) is 4.74 Å². The molecule has 0 atom stereocenters. The number of benzene rings is 1. The zero-order valence-electron chi connectivity index (χ0n) is 13.5. The lowest BCUT2D eigenvalue weighted by Gasteiger charge is -2.22. The van der Waals surface area contributed by atoms with Gasteiger partial charge in [0.05, 0.1) is 13.4 Å². The molecule has 1 aromatic carbocycles. The maximum atomic E-state index is 12.0. The van der Waals surface area contributed by atoms with Crippen molar-refractivity contribution in [1.82, 2.24) is 9.62 Å². The molecule has 22 heavy (non-hydrogen) atoms. The van der Waals surface area contributed by atoms with Crippen LogP contribution in [0.2, 0.25) is 0 Å². The number of nitrogens with zero attached hydrogens (tertiary/aromatic N) is 1. The Balaban J connectivity index is 2.59. The van der Waals surface area contributed by atoms with Crippen LogP contribution in [0.25, 0.3) is 0 Å². The van der Waals surface area contributed by atoms with Gasteiger partial charge in [0.25, 0.3) is 5.91 Å². The number of sulfonamides is 1. The SMILES string of the molecule is COc1cccc(C(=O)NCCN(CC(C)C)S(C)(=O)=O)c1. The molecular weight excluding hydrogens is 304 g/mol. The lowest BCUT2D eigenvalue weighted by molar-refractivity contribution is 0.0951. The molecule has 7 heteroatoms. The molecule has 6 nitrogen and oxygen atoms in total. The molecule has 1 N–H and O–H groups in total. The number of hydrogen-bond donors (Lipinski definition) is 1. The first-order chi connectivity index (χ1) is 10.2. The molecule has 0 unspecified atom stereocenters. The zero-order chi connectivity index (χ0) is 16.8. The van der Waals surface area contributed by atoms with E-state index in [1.807, 2.05) is 13.8 Å². The molecule has 0 aliphatic carbocycles. The Morgan fingerprint density at radius 1 is 1.36 bits per heavy atom. The second kappa shape index (κ2) is 8.14. The lowest BCUT2D eigenvalue weighted by Crippen LogP contribution is -2.39. The van der Waals surface area contributed by atoms with Crippen molar-refractivity contribution < 1.29 is 17.9 Å². The van der Waals surface area contributed by atoms with Crippen LogP contribution in [0.15, 0.2) is 24.3 Å². The second-order valence-corrected chi connectivity index (χ2v) is 7.49. The van der Waals surface area contributed by atoms with Crippen LogP contribution in [-0.2, 0) is 10.0 Å². The van der Waals surface area contributed by atoms with E-state index in [-0.39, 0.29) is 24.9 Å². The van der Waals surface area contributed by atoms with E-state index in [0.29, 0.717) is 17.9 Å². The van der Waals surface area contributed by atoms with Gasteiger partial charge in [0.1, 0.15) is 5.75 Å². The Labute approximate surface area is 132 Å². The fraction of sp³-hybridized carbons (Fsp3) is 0.533. The third-order valence-electron chi connectivity index (χ3n) is 3.02. The van der Waals surface area contributed by atoms with Gasteiger partial charge in [0.15, 0.2) is 0 Å². The average molecular weight is 328 g/mol. The van der Waals surface area contributed by atoms with Gasteiger partial charge in [-0.15, -0.1) is 0 Å². The quantitative estimate of drug-likeness (QED) is 0.781. The van der Waals surface area contributed by atoms with Gasteiger partial charge in [0, 0.05) is 25.2 Å². The van der Waals surface area contributed by atoms with Crippen molar-refractivity contribution in [3.8, 4) is 5.75 Å². The maximum Gasteiger partial charge on any atom is 0.251 e. The van der Waals surface area contributed by atoms with Gasteiger partial charge in [-0.3, -0.25) is 4.79 Å². The van der Waals surface area contributed by atoms with E-state index in [1.54, 1.807) is 24.3 Å². The average Bonchev–Trinajstić information content (AvgIpc) is 2.44. The number of carbonyl (C=O) groups excluding carboxylic acids is 1. The summed E-state index contributed by atoms with van der Waals surface area (Å²) >= 11 is 0. The highest BCUT2D eigenvalue weighted by molar-refractivity contribution is 7.88. The zero-order valence-corrected chi connectivity index (χ0v) is 14.3. The summed E-state index contributed by atoms with van der Waals surface area (Å²) in [6.45, 7) is 4.86. The van der Waals surface area contributed by atoms with Gasteiger partial charge in [0.2, 0.25) is 10.0 Å². The van der Waals surface area contributed by atoms with Crippen LogP contribution in [-0.4, -0.2) is 51.6 Å². The molecule has 0 saturated heterocycles. The highest BCUT2D eigenvalue weighted by Gasteiger charge is 2.17. The van der Waals surface area contributed by atoms with Crippen LogP contribution in [0.3, 0.4) is 0 Å². The number of carbonyl (C=O) groups is 1. The van der Waals surface area contributed by atoms with E-state index in [0.717, 1.165) is 0 Å². The Morgan fingerprint density at radius 3 is 2.59 bits per heavy atom. The predicted octanol–water partition coefficient (Wildman–Crippen LogP) is 1.34. The number of rotatable bonds is 8. The normalized spacial score (nSPS) is 11.7. The van der Waals surface area contributed by atoms with Crippen molar-refractivity contribution in [2.75, 3.05) is 33.0 Å². The summed E-state index contributed by atoms with van der Waals surface area (Å²) in [5.41, 5.74) is 0.481. The Bertz CT molecular complexity index is 599. The minimum Gasteiger partial charge on any atom is -0.497 e. The molecule has 0 spiro atoms. The molecule has 0 radical (unpaired) electrons. The standard InChI is InChI=1S/C15H24N2O4S/c1-12(2)11-17(22(4,19)20)9-8-16-15(18)13-6-5-7-14(10-13)21-3/h5-7,10,12H,8-9,11H2,1-4H3,(H,16,18). The molecule has 0 heterocycles. The summed E-state index contributed by atoms with van der Waals surface area (Å²) in [7, 11) is -1.74.